The maximum atomic E-state index is 13.0. The van der Waals surface area contributed by atoms with Crippen LogP contribution in [0.2, 0.25) is 0 Å². The summed E-state index contributed by atoms with van der Waals surface area (Å²) in [6.45, 7) is 0. The van der Waals surface area contributed by atoms with E-state index in [0.717, 1.165) is 42.1 Å². The number of ketones is 1. The minimum absolute atomic E-state index is 0.0267. The van der Waals surface area contributed by atoms with Crippen LogP contribution >= 0.6 is 0 Å². The van der Waals surface area contributed by atoms with Gasteiger partial charge >= 0.3 is 0 Å². The molecule has 0 spiro atoms. The predicted molar refractivity (Wildman–Crippen MR) is 88.4 cm³/mol. The number of hydrogen-bond donors (Lipinski definition) is 0. The van der Waals surface area contributed by atoms with Crippen LogP contribution in [0.3, 0.4) is 0 Å². The zero-order valence-electron chi connectivity index (χ0n) is 12.4. The van der Waals surface area contributed by atoms with Crippen LogP contribution < -0.4 is 0 Å². The predicted octanol–water partition coefficient (Wildman–Crippen LogP) is 3.50. The molecule has 2 bridgehead atoms. The fourth-order valence-corrected chi connectivity index (χ4v) is 6.16. The van der Waals surface area contributed by atoms with Crippen LogP contribution in [-0.2, 0) is 10.8 Å². The average molecular weight is 313 g/mol. The fraction of sp³-hybridized carbons (Fsp3) is 0.444. The van der Waals surface area contributed by atoms with Gasteiger partial charge < -0.3 is 0 Å². The molecule has 1 aromatic carbocycles. The highest BCUT2D eigenvalue weighted by atomic mass is 32.2. The van der Waals surface area contributed by atoms with Crippen LogP contribution in [0.4, 0.5) is 0 Å². The third kappa shape index (κ3) is 2.30. The molecule has 2 fully saturated rings. The number of carbonyl (C=O) groups is 1. The molecule has 22 heavy (non-hydrogen) atoms. The number of rotatable bonds is 2. The largest absolute Gasteiger partial charge is 0.294 e. The quantitative estimate of drug-likeness (QED) is 0.797. The van der Waals surface area contributed by atoms with E-state index >= 15 is 0 Å². The van der Waals surface area contributed by atoms with E-state index in [9.17, 15) is 9.00 Å². The monoisotopic (exact) mass is 313 g/mol. The van der Waals surface area contributed by atoms with Crippen molar-refractivity contribution in [3.05, 3.63) is 42.1 Å². The molecule has 2 atom stereocenters. The SMILES string of the molecule is O=C(c1ccnc2ccccc12)C1CC2CCCC(C1)S2=O. The number of carbonyl (C=O) groups excluding carboxylic acids is 1. The number of pyridine rings is 1. The molecule has 3 heterocycles. The van der Waals surface area contributed by atoms with Crippen molar-refractivity contribution in [2.45, 2.75) is 42.6 Å². The summed E-state index contributed by atoms with van der Waals surface area (Å²) in [5.41, 5.74) is 1.65. The summed E-state index contributed by atoms with van der Waals surface area (Å²) in [5.74, 6) is 0.242. The number of aromatic nitrogens is 1. The first-order valence-corrected chi connectivity index (χ1v) is 9.29. The molecule has 2 aromatic rings. The molecular formula is C18H19NO2S. The maximum absolute atomic E-state index is 13.0. The summed E-state index contributed by atoms with van der Waals surface area (Å²) in [5, 5.41) is 1.40. The number of nitrogens with zero attached hydrogens (tertiary/aromatic N) is 1. The Kier molecular flexibility index (Phi) is 3.57. The van der Waals surface area contributed by atoms with E-state index < -0.39 is 10.8 Å². The van der Waals surface area contributed by atoms with Crippen molar-refractivity contribution in [2.24, 2.45) is 5.92 Å². The van der Waals surface area contributed by atoms with Crippen LogP contribution in [-0.4, -0.2) is 25.5 Å². The molecule has 3 nitrogen and oxygen atoms in total. The zero-order valence-corrected chi connectivity index (χ0v) is 13.2. The van der Waals surface area contributed by atoms with Crippen LogP contribution in [0.15, 0.2) is 36.5 Å². The summed E-state index contributed by atoms with van der Waals surface area (Å²) < 4.78 is 12.3. The topological polar surface area (TPSA) is 47.0 Å². The lowest BCUT2D eigenvalue weighted by Gasteiger charge is -2.37. The fourth-order valence-electron chi connectivity index (χ4n) is 3.98. The minimum atomic E-state index is -0.721. The summed E-state index contributed by atoms with van der Waals surface area (Å²) >= 11 is 0. The van der Waals surface area contributed by atoms with Crippen molar-refractivity contribution in [1.82, 2.24) is 4.98 Å². The maximum Gasteiger partial charge on any atom is 0.166 e. The number of para-hydroxylation sites is 1. The second-order valence-electron chi connectivity index (χ2n) is 6.41. The van der Waals surface area contributed by atoms with Gasteiger partial charge in [-0.3, -0.25) is 14.0 Å². The van der Waals surface area contributed by atoms with E-state index in [1.807, 2.05) is 30.3 Å². The van der Waals surface area contributed by atoms with Gasteiger partial charge in [0.05, 0.1) is 5.52 Å². The van der Waals surface area contributed by atoms with Gasteiger partial charge in [-0.2, -0.15) is 0 Å². The second-order valence-corrected chi connectivity index (χ2v) is 8.40. The van der Waals surface area contributed by atoms with Crippen LogP contribution in [0, 0.1) is 5.92 Å². The molecule has 2 saturated heterocycles. The van der Waals surface area contributed by atoms with Crippen molar-refractivity contribution in [3.8, 4) is 0 Å². The van der Waals surface area contributed by atoms with E-state index in [0.29, 0.717) is 0 Å². The van der Waals surface area contributed by atoms with Gasteiger partial charge in [-0.1, -0.05) is 24.6 Å². The van der Waals surface area contributed by atoms with E-state index in [4.69, 9.17) is 0 Å². The Morgan fingerprint density at radius 1 is 1.09 bits per heavy atom. The zero-order chi connectivity index (χ0) is 15.1. The van der Waals surface area contributed by atoms with Gasteiger partial charge in [-0.25, -0.2) is 0 Å². The molecular weight excluding hydrogens is 294 g/mol. The van der Waals surface area contributed by atoms with Crippen molar-refractivity contribution >= 4 is 27.5 Å². The average Bonchev–Trinajstić information content (AvgIpc) is 2.53. The number of Topliss-reactive ketones (excluding diaryl/α,β-unsaturated/α-hetero) is 1. The van der Waals surface area contributed by atoms with Gasteiger partial charge in [-0.05, 0) is 37.8 Å². The number of fused-ring (bicyclic) bond motifs is 3. The first-order valence-electron chi connectivity index (χ1n) is 8.01. The first kappa shape index (κ1) is 14.1. The summed E-state index contributed by atoms with van der Waals surface area (Å²) in [6.07, 6.45) is 6.50. The van der Waals surface area contributed by atoms with E-state index in [2.05, 4.69) is 4.98 Å². The Morgan fingerprint density at radius 3 is 2.59 bits per heavy atom. The van der Waals surface area contributed by atoms with Crippen LogP contribution in [0.25, 0.3) is 10.9 Å². The number of benzene rings is 1. The number of hydrogen-bond acceptors (Lipinski definition) is 3. The summed E-state index contributed by atoms with van der Waals surface area (Å²) in [6, 6.07) is 9.64. The highest BCUT2D eigenvalue weighted by molar-refractivity contribution is 7.86. The van der Waals surface area contributed by atoms with Gasteiger partial charge in [0, 0.05) is 44.4 Å². The Labute approximate surface area is 132 Å². The molecule has 1 aromatic heterocycles. The minimum Gasteiger partial charge on any atom is -0.294 e. The van der Waals surface area contributed by atoms with Crippen molar-refractivity contribution < 1.29 is 9.00 Å². The molecule has 2 aliphatic rings. The Hall–Kier alpha value is -1.55. The van der Waals surface area contributed by atoms with Crippen molar-refractivity contribution in [2.75, 3.05) is 0 Å². The molecule has 2 aliphatic heterocycles. The van der Waals surface area contributed by atoms with Gasteiger partial charge in [0.25, 0.3) is 0 Å². The van der Waals surface area contributed by atoms with E-state index in [1.54, 1.807) is 6.20 Å². The summed E-state index contributed by atoms with van der Waals surface area (Å²) in [7, 11) is -0.721. The molecule has 0 saturated carbocycles. The lowest BCUT2D eigenvalue weighted by molar-refractivity contribution is 0.0897. The second kappa shape index (κ2) is 5.58. The summed E-state index contributed by atoms with van der Waals surface area (Å²) in [4.78, 5) is 17.4. The smallest absolute Gasteiger partial charge is 0.166 e. The van der Waals surface area contributed by atoms with Gasteiger partial charge in [0.15, 0.2) is 5.78 Å². The molecule has 4 rings (SSSR count). The van der Waals surface area contributed by atoms with E-state index in [-0.39, 0.29) is 22.2 Å². The Bertz CT molecular complexity index is 736. The molecule has 0 N–H and O–H groups in total. The molecule has 114 valence electrons. The highest BCUT2D eigenvalue weighted by Crippen LogP contribution is 2.38. The van der Waals surface area contributed by atoms with Crippen LogP contribution in [0.5, 0.6) is 0 Å². The normalized spacial score (nSPS) is 31.1. The van der Waals surface area contributed by atoms with E-state index in [1.165, 1.54) is 6.42 Å². The molecule has 4 heteroatoms. The Balaban J connectivity index is 1.68. The molecule has 0 amide bonds. The molecule has 0 aliphatic carbocycles. The lowest BCUT2D eigenvalue weighted by Crippen LogP contribution is -2.41. The first-order chi connectivity index (χ1) is 10.7. The Morgan fingerprint density at radius 2 is 1.82 bits per heavy atom. The van der Waals surface area contributed by atoms with Gasteiger partial charge in [0.2, 0.25) is 0 Å². The third-order valence-electron chi connectivity index (χ3n) is 5.09. The van der Waals surface area contributed by atoms with Gasteiger partial charge in [0.1, 0.15) is 0 Å². The molecule has 2 unspecified atom stereocenters. The van der Waals surface area contributed by atoms with Gasteiger partial charge in [-0.15, -0.1) is 0 Å². The van der Waals surface area contributed by atoms with Crippen molar-refractivity contribution in [1.29, 1.82) is 0 Å². The lowest BCUT2D eigenvalue weighted by atomic mass is 9.84. The third-order valence-corrected chi connectivity index (χ3v) is 7.26. The molecule has 0 radical (unpaired) electrons. The standard InChI is InChI=1S/C18H19NO2S/c20-18(12-10-13-4-3-5-14(11-12)22(13)21)16-8-9-19-17-7-2-1-6-15(16)17/h1-2,6-9,12-14H,3-5,10-11H2. The van der Waals surface area contributed by atoms with Crippen molar-refractivity contribution in [3.63, 3.8) is 0 Å². The van der Waals surface area contributed by atoms with Crippen LogP contribution in [0.1, 0.15) is 42.5 Å². The highest BCUT2D eigenvalue weighted by Gasteiger charge is 2.40.